The van der Waals surface area contributed by atoms with Gasteiger partial charge in [0.15, 0.2) is 0 Å². The zero-order chi connectivity index (χ0) is 35.8. The molecule has 5 rings (SSSR count). The van der Waals surface area contributed by atoms with Gasteiger partial charge in [-0.15, -0.1) is 22.7 Å². The van der Waals surface area contributed by atoms with Crippen LogP contribution in [0.4, 0.5) is 0 Å². The summed E-state index contributed by atoms with van der Waals surface area (Å²) in [6.45, 7) is 36.6. The second-order valence-corrected chi connectivity index (χ2v) is 11.5. The summed E-state index contributed by atoms with van der Waals surface area (Å²) in [5, 5.41) is 0. The van der Waals surface area contributed by atoms with Gasteiger partial charge in [-0.1, -0.05) is 134 Å². The molecule has 3 aromatic heterocycles. The molecule has 0 spiro atoms. The van der Waals surface area contributed by atoms with Crippen molar-refractivity contribution in [3.05, 3.63) is 128 Å². The van der Waals surface area contributed by atoms with Crippen molar-refractivity contribution >= 4 is 22.7 Å². The number of hydrogen-bond donors (Lipinski definition) is 0. The summed E-state index contributed by atoms with van der Waals surface area (Å²) in [6, 6.07) is 29.7. The van der Waals surface area contributed by atoms with Crippen molar-refractivity contribution < 1.29 is 4.42 Å². The number of furan rings is 1. The van der Waals surface area contributed by atoms with Gasteiger partial charge in [0.1, 0.15) is 11.5 Å². The van der Waals surface area contributed by atoms with Gasteiger partial charge in [0.25, 0.3) is 0 Å². The van der Waals surface area contributed by atoms with E-state index in [9.17, 15) is 0 Å². The first-order valence-corrected chi connectivity index (χ1v) is 18.5. The lowest BCUT2D eigenvalue weighted by molar-refractivity contribution is 0.504. The molecular formula is C42H68OS2. The molecule has 0 aliphatic carbocycles. The van der Waals surface area contributed by atoms with E-state index in [0.717, 1.165) is 11.5 Å². The van der Waals surface area contributed by atoms with Crippen LogP contribution in [0.1, 0.15) is 112 Å². The lowest BCUT2D eigenvalue weighted by Gasteiger charge is -1.97. The molecule has 0 aliphatic rings. The van der Waals surface area contributed by atoms with Crippen molar-refractivity contribution in [1.29, 1.82) is 0 Å². The molecule has 254 valence electrons. The van der Waals surface area contributed by atoms with Crippen molar-refractivity contribution in [2.75, 3.05) is 0 Å². The highest BCUT2D eigenvalue weighted by molar-refractivity contribution is 7.15. The van der Waals surface area contributed by atoms with E-state index >= 15 is 0 Å². The van der Waals surface area contributed by atoms with Crippen LogP contribution in [-0.2, 0) is 0 Å². The van der Waals surface area contributed by atoms with Gasteiger partial charge in [-0.3, -0.25) is 0 Å². The Kier molecular flexibility index (Phi) is 37.0. The Morgan fingerprint density at radius 3 is 0.844 bits per heavy atom. The van der Waals surface area contributed by atoms with Crippen LogP contribution in [0.15, 0.2) is 89.3 Å². The molecule has 3 heterocycles. The zero-order valence-corrected chi connectivity index (χ0v) is 33.9. The molecule has 0 fully saturated rings. The third-order valence-corrected chi connectivity index (χ3v) is 7.01. The van der Waals surface area contributed by atoms with Crippen LogP contribution in [0.2, 0.25) is 0 Å². The summed E-state index contributed by atoms with van der Waals surface area (Å²) in [6.07, 6.45) is 0. The molecule has 0 aliphatic heterocycles. The molecule has 2 aromatic carbocycles. The van der Waals surface area contributed by atoms with E-state index in [1.165, 1.54) is 41.8 Å². The van der Waals surface area contributed by atoms with Gasteiger partial charge in [0, 0.05) is 19.5 Å². The summed E-state index contributed by atoms with van der Waals surface area (Å²) < 4.78 is 5.08. The second kappa shape index (κ2) is 34.0. The predicted octanol–water partition coefficient (Wildman–Crippen LogP) is 15.7. The molecule has 0 amide bonds. The van der Waals surface area contributed by atoms with E-state index in [0.29, 0.717) is 0 Å². The molecule has 0 saturated carbocycles. The number of benzene rings is 2. The summed E-state index contributed by atoms with van der Waals surface area (Å²) >= 11 is 3.69. The average Bonchev–Trinajstić information content (AvgIpc) is 3.81. The molecule has 0 bridgehead atoms. The Labute approximate surface area is 288 Å². The molecule has 5 aromatic rings. The first-order valence-electron chi connectivity index (χ1n) is 16.8. The van der Waals surface area contributed by atoms with Crippen LogP contribution in [-0.4, -0.2) is 0 Å². The summed E-state index contributed by atoms with van der Waals surface area (Å²) in [5.41, 5.74) is 5.30. The highest BCUT2D eigenvalue weighted by atomic mass is 32.1. The van der Waals surface area contributed by atoms with Crippen LogP contribution in [0.5, 0.6) is 0 Å². The molecule has 1 nitrogen and oxygen atoms in total. The van der Waals surface area contributed by atoms with E-state index < -0.39 is 0 Å². The van der Waals surface area contributed by atoms with E-state index in [-0.39, 0.29) is 0 Å². The first-order chi connectivity index (χ1) is 21.6. The van der Waals surface area contributed by atoms with Gasteiger partial charge >= 0.3 is 0 Å². The molecule has 0 N–H and O–H groups in total. The van der Waals surface area contributed by atoms with Crippen molar-refractivity contribution in [1.82, 2.24) is 0 Å². The fourth-order valence-electron chi connectivity index (χ4n) is 3.06. The number of rotatable bonds is 1. The Balaban J connectivity index is -0.000000233. The van der Waals surface area contributed by atoms with Gasteiger partial charge in [-0.25, -0.2) is 0 Å². The molecule has 0 saturated heterocycles. The lowest BCUT2D eigenvalue weighted by atomic mass is 10.1. The summed E-state index contributed by atoms with van der Waals surface area (Å²) in [5.74, 6) is 1.97. The van der Waals surface area contributed by atoms with Crippen molar-refractivity contribution in [2.24, 2.45) is 0 Å². The molecule has 3 heteroatoms. The van der Waals surface area contributed by atoms with E-state index in [1.54, 1.807) is 0 Å². The average molecular weight is 653 g/mol. The fourth-order valence-corrected chi connectivity index (χ4v) is 4.71. The third-order valence-electron chi connectivity index (χ3n) is 5.04. The highest BCUT2D eigenvalue weighted by Crippen LogP contribution is 2.27. The van der Waals surface area contributed by atoms with Gasteiger partial charge < -0.3 is 4.42 Å². The highest BCUT2D eigenvalue weighted by Gasteiger charge is 1.98. The Bertz CT molecular complexity index is 1160. The molecule has 0 radical (unpaired) electrons. The maximum absolute atomic E-state index is 5.08. The molecule has 45 heavy (non-hydrogen) atoms. The molecule has 0 atom stereocenters. The Hall–Kier alpha value is -2.88. The van der Waals surface area contributed by atoms with Crippen molar-refractivity contribution in [3.63, 3.8) is 0 Å². The minimum atomic E-state index is 0.984. The second-order valence-electron chi connectivity index (χ2n) is 8.74. The number of hydrogen-bond acceptors (Lipinski definition) is 3. The SMILES string of the molecule is CC.CC.CC.CC.CC.Cc1ccc(-c2ccc(C)s2)cc1.Cc1ccc(C)cc1.Cc1ccc(C)o1.Cc1ccc(C)s1. The monoisotopic (exact) mass is 652 g/mol. The smallest absolute Gasteiger partial charge is 0.101 e. The molecular weight excluding hydrogens is 585 g/mol. The van der Waals surface area contributed by atoms with Gasteiger partial charge in [0.05, 0.1) is 0 Å². The number of thiophene rings is 2. The Morgan fingerprint density at radius 1 is 0.333 bits per heavy atom. The summed E-state index contributed by atoms with van der Waals surface area (Å²) in [4.78, 5) is 5.53. The van der Waals surface area contributed by atoms with E-state index in [2.05, 4.69) is 114 Å². The number of aryl methyl sites for hydroxylation is 8. The largest absolute Gasteiger partial charge is 0.467 e. The normalized spacial score (nSPS) is 8.22. The van der Waals surface area contributed by atoms with Gasteiger partial charge in [-0.05, 0) is 97.4 Å². The van der Waals surface area contributed by atoms with E-state index in [1.807, 2.05) is 118 Å². The summed E-state index contributed by atoms with van der Waals surface area (Å²) in [7, 11) is 0. The zero-order valence-electron chi connectivity index (χ0n) is 32.3. The Morgan fingerprint density at radius 2 is 0.622 bits per heavy atom. The quantitative estimate of drug-likeness (QED) is 0.176. The standard InChI is InChI=1S/C12H12S.C8H10.C6H8O.C6H8S.5C2H6/c1-9-3-6-11(7-4-9)12-8-5-10(2)13-12;1-7-3-5-8(2)6-4-7;2*1-5-3-4-6(2)7-5;5*1-2/h3-8H,1-2H3;3-6H,1-2H3;2*3-4H,1-2H3;5*1-2H3. The van der Waals surface area contributed by atoms with Gasteiger partial charge in [0.2, 0.25) is 0 Å². The minimum absolute atomic E-state index is 0.984. The first kappa shape index (κ1) is 49.0. The minimum Gasteiger partial charge on any atom is -0.467 e. The predicted molar refractivity (Wildman–Crippen MR) is 214 cm³/mol. The van der Waals surface area contributed by atoms with Crippen LogP contribution in [0, 0.1) is 55.4 Å². The van der Waals surface area contributed by atoms with Gasteiger partial charge in [-0.2, -0.15) is 0 Å². The van der Waals surface area contributed by atoms with Crippen LogP contribution < -0.4 is 0 Å². The van der Waals surface area contributed by atoms with Crippen LogP contribution >= 0.6 is 22.7 Å². The van der Waals surface area contributed by atoms with Crippen LogP contribution in [0.25, 0.3) is 10.4 Å². The van der Waals surface area contributed by atoms with Crippen LogP contribution in [0.3, 0.4) is 0 Å². The third kappa shape index (κ3) is 27.2. The topological polar surface area (TPSA) is 13.1 Å². The lowest BCUT2D eigenvalue weighted by Crippen LogP contribution is -1.72. The van der Waals surface area contributed by atoms with Crippen molar-refractivity contribution in [2.45, 2.75) is 125 Å². The maximum atomic E-state index is 5.08. The van der Waals surface area contributed by atoms with E-state index in [4.69, 9.17) is 4.42 Å². The van der Waals surface area contributed by atoms with Crippen molar-refractivity contribution in [3.8, 4) is 10.4 Å². The molecule has 0 unspecified atom stereocenters. The maximum Gasteiger partial charge on any atom is 0.101 e. The fraction of sp³-hybridized carbons (Fsp3) is 0.429.